The van der Waals surface area contributed by atoms with Gasteiger partial charge in [0.2, 0.25) is 0 Å². The molecule has 0 amide bonds. The molecule has 0 fully saturated rings. The van der Waals surface area contributed by atoms with Crippen LogP contribution in [0.5, 0.6) is 0 Å². The predicted octanol–water partition coefficient (Wildman–Crippen LogP) is 2.23. The van der Waals surface area contributed by atoms with E-state index in [1.165, 1.54) is 7.05 Å². The number of hydrogen-bond acceptors (Lipinski definition) is 2. The lowest BCUT2D eigenvalue weighted by molar-refractivity contribution is -0.0584. The maximum absolute atomic E-state index is 12.5. The van der Waals surface area contributed by atoms with E-state index >= 15 is 0 Å². The highest BCUT2D eigenvalue weighted by molar-refractivity contribution is 6.05. The van der Waals surface area contributed by atoms with Gasteiger partial charge in [-0.1, -0.05) is 0 Å². The predicted molar refractivity (Wildman–Crippen MR) is 49.4 cm³/mol. The molecule has 5 heteroatoms. The molecule has 0 aromatic rings. The summed E-state index contributed by atoms with van der Waals surface area (Å²) in [5.41, 5.74) is 0.254. The number of alkyl halides is 3. The molecule has 0 spiro atoms. The molecule has 0 atom stereocenters. The van der Waals surface area contributed by atoms with Gasteiger partial charge >= 0.3 is 6.18 Å². The van der Waals surface area contributed by atoms with E-state index in [1.54, 1.807) is 14.0 Å². The Hall–Kier alpha value is -1.00. The second-order valence-electron chi connectivity index (χ2n) is 3.31. The smallest absolute Gasteiger partial charge is 0.377 e. The van der Waals surface area contributed by atoms with Gasteiger partial charge in [0.15, 0.2) is 0 Å². The van der Waals surface area contributed by atoms with Crippen molar-refractivity contribution in [1.82, 2.24) is 4.90 Å². The molecular weight excluding hydrogens is 193 g/mol. The zero-order chi connectivity index (χ0) is 10.9. The number of hydrogen-bond donors (Lipinski definition) is 0. The number of halogens is 3. The van der Waals surface area contributed by atoms with E-state index in [2.05, 4.69) is 4.99 Å². The van der Waals surface area contributed by atoms with Crippen molar-refractivity contribution in [3.05, 3.63) is 11.3 Å². The van der Waals surface area contributed by atoms with Gasteiger partial charge in [0.05, 0.1) is 0 Å². The Morgan fingerprint density at radius 2 is 2.00 bits per heavy atom. The third kappa shape index (κ3) is 1.91. The molecule has 14 heavy (non-hydrogen) atoms. The normalized spacial score (nSPS) is 19.6. The van der Waals surface area contributed by atoms with Crippen LogP contribution in [-0.2, 0) is 0 Å². The van der Waals surface area contributed by atoms with Gasteiger partial charge in [0.1, 0.15) is 5.71 Å². The first-order valence-corrected chi connectivity index (χ1v) is 4.33. The van der Waals surface area contributed by atoms with Crippen LogP contribution in [0.2, 0.25) is 0 Å². The van der Waals surface area contributed by atoms with Crippen molar-refractivity contribution in [1.29, 1.82) is 0 Å². The largest absolute Gasteiger partial charge is 0.433 e. The van der Waals surface area contributed by atoms with Crippen molar-refractivity contribution in [3.8, 4) is 0 Å². The molecule has 0 aliphatic carbocycles. The molecule has 0 radical (unpaired) electrons. The van der Waals surface area contributed by atoms with Crippen molar-refractivity contribution >= 4 is 5.71 Å². The fourth-order valence-electron chi connectivity index (χ4n) is 1.58. The van der Waals surface area contributed by atoms with Gasteiger partial charge in [0.25, 0.3) is 0 Å². The number of rotatable bonds is 1. The highest BCUT2D eigenvalue weighted by atomic mass is 19.4. The van der Waals surface area contributed by atoms with E-state index in [4.69, 9.17) is 0 Å². The third-order valence-corrected chi connectivity index (χ3v) is 2.48. The van der Waals surface area contributed by atoms with Gasteiger partial charge in [-0.25, -0.2) is 0 Å². The van der Waals surface area contributed by atoms with E-state index < -0.39 is 11.9 Å². The lowest BCUT2D eigenvalue weighted by atomic mass is 10.1. The lowest BCUT2D eigenvalue weighted by Crippen LogP contribution is -2.25. The van der Waals surface area contributed by atoms with Crippen LogP contribution in [0.1, 0.15) is 13.3 Å². The zero-order valence-corrected chi connectivity index (χ0v) is 8.44. The van der Waals surface area contributed by atoms with E-state index in [-0.39, 0.29) is 0 Å². The third-order valence-electron chi connectivity index (χ3n) is 2.48. The fourth-order valence-corrected chi connectivity index (χ4v) is 1.58. The molecule has 0 saturated heterocycles. The summed E-state index contributed by atoms with van der Waals surface area (Å²) in [5.74, 6) is 0. The Labute approximate surface area is 81.1 Å². The Balaban J connectivity index is 3.05. The second-order valence-corrected chi connectivity index (χ2v) is 3.31. The number of nitrogens with zero attached hydrogens (tertiary/aromatic N) is 2. The summed E-state index contributed by atoms with van der Waals surface area (Å²) in [6.07, 6.45) is -3.91. The number of allylic oxidation sites excluding steroid dienone is 1. The molecule has 1 rings (SSSR count). The van der Waals surface area contributed by atoms with Crippen LogP contribution in [0.25, 0.3) is 0 Å². The zero-order valence-electron chi connectivity index (χ0n) is 8.44. The fraction of sp³-hybridized carbons (Fsp3) is 0.667. The topological polar surface area (TPSA) is 15.6 Å². The monoisotopic (exact) mass is 206 g/mol. The van der Waals surface area contributed by atoms with Gasteiger partial charge < -0.3 is 4.90 Å². The second kappa shape index (κ2) is 3.63. The molecule has 1 aliphatic rings. The SMILES string of the molecule is CN=C(C1=C(C)N(C)CC1)C(F)(F)F. The van der Waals surface area contributed by atoms with Crippen LogP contribution in [0.15, 0.2) is 16.3 Å². The van der Waals surface area contributed by atoms with Crippen molar-refractivity contribution in [2.45, 2.75) is 19.5 Å². The minimum atomic E-state index is -4.34. The highest BCUT2D eigenvalue weighted by Crippen LogP contribution is 2.30. The van der Waals surface area contributed by atoms with E-state index in [0.717, 1.165) is 0 Å². The van der Waals surface area contributed by atoms with Crippen molar-refractivity contribution in [2.24, 2.45) is 4.99 Å². The molecular formula is C9H13F3N2. The Bertz CT molecular complexity index is 289. The van der Waals surface area contributed by atoms with Crippen LogP contribution < -0.4 is 0 Å². The molecule has 80 valence electrons. The molecule has 0 aromatic heterocycles. The van der Waals surface area contributed by atoms with Gasteiger partial charge in [-0.15, -0.1) is 0 Å². The Morgan fingerprint density at radius 3 is 2.29 bits per heavy atom. The van der Waals surface area contributed by atoms with Gasteiger partial charge in [-0.05, 0) is 13.3 Å². The quantitative estimate of drug-likeness (QED) is 0.601. The first-order chi connectivity index (χ1) is 6.38. The molecule has 0 saturated carbocycles. The van der Waals surface area contributed by atoms with Crippen LogP contribution in [0.4, 0.5) is 13.2 Å². The molecule has 0 bridgehead atoms. The van der Waals surface area contributed by atoms with E-state index in [1.807, 2.05) is 4.90 Å². The van der Waals surface area contributed by atoms with Gasteiger partial charge in [-0.3, -0.25) is 4.99 Å². The summed E-state index contributed by atoms with van der Waals surface area (Å²) in [4.78, 5) is 5.15. The van der Waals surface area contributed by atoms with E-state index in [9.17, 15) is 13.2 Å². The van der Waals surface area contributed by atoms with Gasteiger partial charge in [0, 0.05) is 31.9 Å². The van der Waals surface area contributed by atoms with Gasteiger partial charge in [-0.2, -0.15) is 13.2 Å². The van der Waals surface area contributed by atoms with Crippen molar-refractivity contribution in [3.63, 3.8) is 0 Å². The lowest BCUT2D eigenvalue weighted by Gasteiger charge is -2.13. The Kier molecular flexibility index (Phi) is 2.87. The molecule has 1 heterocycles. The van der Waals surface area contributed by atoms with Crippen LogP contribution in [-0.4, -0.2) is 37.4 Å². The van der Waals surface area contributed by atoms with Crippen LogP contribution in [0, 0.1) is 0 Å². The highest BCUT2D eigenvalue weighted by Gasteiger charge is 2.39. The average Bonchev–Trinajstić information content (AvgIpc) is 2.35. The summed E-state index contributed by atoms with van der Waals surface area (Å²) in [6, 6.07) is 0. The summed E-state index contributed by atoms with van der Waals surface area (Å²) in [5, 5.41) is 0. The van der Waals surface area contributed by atoms with Crippen molar-refractivity contribution in [2.75, 3.05) is 20.6 Å². The molecule has 1 aliphatic heterocycles. The average molecular weight is 206 g/mol. The standard InChI is InChI=1S/C9H13F3N2/c1-6-7(4-5-14(6)3)8(13-2)9(10,11)12/h4-5H2,1-3H3. The molecule has 0 aromatic carbocycles. The summed E-state index contributed by atoms with van der Waals surface area (Å²) in [7, 11) is 2.97. The molecule has 0 unspecified atom stereocenters. The Morgan fingerprint density at radius 1 is 1.43 bits per heavy atom. The first kappa shape index (κ1) is 11.1. The molecule has 2 nitrogen and oxygen atoms in total. The van der Waals surface area contributed by atoms with E-state index in [0.29, 0.717) is 24.2 Å². The maximum Gasteiger partial charge on any atom is 0.433 e. The minimum Gasteiger partial charge on any atom is -0.377 e. The summed E-state index contributed by atoms with van der Waals surface area (Å²) >= 11 is 0. The first-order valence-electron chi connectivity index (χ1n) is 4.33. The maximum atomic E-state index is 12.5. The minimum absolute atomic E-state index is 0.322. The summed E-state index contributed by atoms with van der Waals surface area (Å²) in [6.45, 7) is 2.33. The molecule has 0 N–H and O–H groups in total. The summed E-state index contributed by atoms with van der Waals surface area (Å²) < 4.78 is 37.5. The van der Waals surface area contributed by atoms with Crippen LogP contribution >= 0.6 is 0 Å². The van der Waals surface area contributed by atoms with Crippen molar-refractivity contribution < 1.29 is 13.2 Å². The number of aliphatic imine (C=N–C) groups is 1. The van der Waals surface area contributed by atoms with Crippen LogP contribution in [0.3, 0.4) is 0 Å².